The number of rotatable bonds is 8. The van der Waals surface area contributed by atoms with Crippen molar-refractivity contribution in [2.45, 2.75) is 20.0 Å². The summed E-state index contributed by atoms with van der Waals surface area (Å²) in [6.45, 7) is 3.60. The van der Waals surface area contributed by atoms with Crippen LogP contribution in [0.25, 0.3) is 33.5 Å². The molecule has 0 saturated heterocycles. The summed E-state index contributed by atoms with van der Waals surface area (Å²) in [5.74, 6) is 0.232. The zero-order valence-electron chi connectivity index (χ0n) is 20.1. The molecule has 2 heterocycles. The average molecular weight is 498 g/mol. The van der Waals surface area contributed by atoms with E-state index in [1.54, 1.807) is 36.4 Å². The maximum atomic E-state index is 13.4. The predicted octanol–water partition coefficient (Wildman–Crippen LogP) is 4.94. The molecule has 0 spiro atoms. The molecule has 1 atom stereocenters. The van der Waals surface area contributed by atoms with Crippen molar-refractivity contribution in [1.82, 2.24) is 9.66 Å². The van der Waals surface area contributed by atoms with E-state index in [1.165, 1.54) is 17.8 Å². The molecule has 0 radical (unpaired) electrons. The van der Waals surface area contributed by atoms with Gasteiger partial charge in [0.1, 0.15) is 5.58 Å². The molecule has 3 aromatic carbocycles. The maximum absolute atomic E-state index is 13.4. The van der Waals surface area contributed by atoms with Gasteiger partial charge in [0, 0.05) is 5.39 Å². The quantitative estimate of drug-likeness (QED) is 0.302. The van der Waals surface area contributed by atoms with Gasteiger partial charge in [0.25, 0.3) is 5.56 Å². The van der Waals surface area contributed by atoms with E-state index in [9.17, 15) is 9.59 Å². The van der Waals surface area contributed by atoms with Gasteiger partial charge in [-0.05, 0) is 61.9 Å². The molecule has 1 N–H and O–H groups in total. The van der Waals surface area contributed by atoms with Crippen molar-refractivity contribution in [3.63, 3.8) is 0 Å². The second-order valence-corrected chi connectivity index (χ2v) is 8.20. The van der Waals surface area contributed by atoms with Gasteiger partial charge in [-0.25, -0.2) is 9.78 Å². The van der Waals surface area contributed by atoms with Crippen LogP contribution in [0.4, 0.5) is 0 Å². The van der Waals surface area contributed by atoms with Gasteiger partial charge in [-0.1, -0.05) is 30.3 Å². The fraction of sp³-hybridized carbons (Fsp3) is 0.143. The Labute approximate surface area is 211 Å². The third-order valence-electron chi connectivity index (χ3n) is 5.64. The third kappa shape index (κ3) is 4.79. The van der Waals surface area contributed by atoms with Gasteiger partial charge in [0.15, 0.2) is 23.4 Å². The number of carbonyl (C=O) groups is 1. The van der Waals surface area contributed by atoms with Crippen LogP contribution in [0.5, 0.6) is 11.5 Å². The highest BCUT2D eigenvalue weighted by Gasteiger charge is 2.18. The number of hydrogen-bond donors (Lipinski definition) is 1. The molecule has 37 heavy (non-hydrogen) atoms. The Morgan fingerprint density at radius 1 is 1.11 bits per heavy atom. The fourth-order valence-corrected chi connectivity index (χ4v) is 3.82. The lowest BCUT2D eigenvalue weighted by atomic mass is 10.2. The van der Waals surface area contributed by atoms with Gasteiger partial charge in [-0.3, -0.25) is 4.79 Å². The molecule has 0 saturated carbocycles. The van der Waals surface area contributed by atoms with Crippen molar-refractivity contribution in [3.05, 3.63) is 88.7 Å². The van der Waals surface area contributed by atoms with Crippen LogP contribution in [0.2, 0.25) is 0 Å². The second kappa shape index (κ2) is 9.98. The van der Waals surface area contributed by atoms with Crippen LogP contribution in [-0.2, 0) is 4.79 Å². The van der Waals surface area contributed by atoms with Crippen LogP contribution in [-0.4, -0.2) is 39.7 Å². The summed E-state index contributed by atoms with van der Waals surface area (Å²) in [6, 6.07) is 21.4. The van der Waals surface area contributed by atoms with E-state index in [-0.39, 0.29) is 11.4 Å². The molecule has 0 aliphatic rings. The van der Waals surface area contributed by atoms with Crippen LogP contribution in [0.3, 0.4) is 0 Å². The smallest absolute Gasteiger partial charge is 0.344 e. The van der Waals surface area contributed by atoms with Crippen LogP contribution in [0.1, 0.15) is 19.4 Å². The molecular weight excluding hydrogens is 474 g/mol. The summed E-state index contributed by atoms with van der Waals surface area (Å²) in [4.78, 5) is 29.3. The molecule has 0 unspecified atom stereocenters. The highest BCUT2D eigenvalue weighted by Crippen LogP contribution is 2.30. The predicted molar refractivity (Wildman–Crippen MR) is 140 cm³/mol. The number of ether oxygens (including phenoxy) is 2. The molecule has 186 valence electrons. The molecule has 2 aromatic heterocycles. The molecule has 0 amide bonds. The molecule has 9 heteroatoms. The Morgan fingerprint density at radius 3 is 2.68 bits per heavy atom. The number of para-hydroxylation sites is 2. The molecule has 9 nitrogen and oxygen atoms in total. The topological polar surface area (TPSA) is 116 Å². The van der Waals surface area contributed by atoms with Crippen LogP contribution in [0.15, 0.2) is 87.1 Å². The van der Waals surface area contributed by atoms with Gasteiger partial charge in [0.05, 0.1) is 23.7 Å². The summed E-state index contributed by atoms with van der Waals surface area (Å²) in [5, 5.41) is 14.9. The fourth-order valence-electron chi connectivity index (χ4n) is 3.82. The molecule has 0 fully saturated rings. The standard InChI is InChI=1S/C28H23N3O6/c1-3-35-24-14-18(12-13-23(24)36-17(2)28(33)34)16-29-31-26(25-15-19-8-4-7-11-22(19)37-25)30-21-10-6-5-9-20(21)27(31)32/h4-17H,3H2,1-2H3,(H,33,34)/t17-/m1/s1. The molecule has 5 aromatic rings. The normalized spacial score (nSPS) is 12.3. The minimum Gasteiger partial charge on any atom is -0.490 e. The van der Waals surface area contributed by atoms with Gasteiger partial charge in [-0.2, -0.15) is 9.78 Å². The zero-order valence-corrected chi connectivity index (χ0v) is 20.1. The average Bonchev–Trinajstić information content (AvgIpc) is 3.33. The number of aromatic nitrogens is 2. The Morgan fingerprint density at radius 2 is 1.89 bits per heavy atom. The largest absolute Gasteiger partial charge is 0.490 e. The first-order valence-corrected chi connectivity index (χ1v) is 11.7. The summed E-state index contributed by atoms with van der Waals surface area (Å²) >= 11 is 0. The summed E-state index contributed by atoms with van der Waals surface area (Å²) in [6.07, 6.45) is 0.448. The van der Waals surface area contributed by atoms with E-state index in [4.69, 9.17) is 19.0 Å². The SMILES string of the molecule is CCOc1cc(C=Nn2c(-c3cc4ccccc4o3)nc3ccccc3c2=O)ccc1O[C@H](C)C(=O)O. The Kier molecular flexibility index (Phi) is 6.42. The number of furan rings is 1. The molecule has 5 rings (SSSR count). The van der Waals surface area contributed by atoms with Crippen LogP contribution in [0, 0.1) is 0 Å². The number of benzene rings is 3. The summed E-state index contributed by atoms with van der Waals surface area (Å²) < 4.78 is 18.3. The van der Waals surface area contributed by atoms with Crippen LogP contribution >= 0.6 is 0 Å². The zero-order chi connectivity index (χ0) is 25.9. The Balaban J connectivity index is 1.60. The van der Waals surface area contributed by atoms with E-state index in [2.05, 4.69) is 10.1 Å². The summed E-state index contributed by atoms with van der Waals surface area (Å²) in [7, 11) is 0. The lowest BCUT2D eigenvalue weighted by Gasteiger charge is -2.15. The van der Waals surface area contributed by atoms with Crippen molar-refractivity contribution in [2.75, 3.05) is 6.61 Å². The maximum Gasteiger partial charge on any atom is 0.344 e. The van der Waals surface area contributed by atoms with E-state index in [0.29, 0.717) is 45.9 Å². The first kappa shape index (κ1) is 23.8. The lowest BCUT2D eigenvalue weighted by molar-refractivity contribution is -0.144. The van der Waals surface area contributed by atoms with Crippen molar-refractivity contribution in [3.8, 4) is 23.1 Å². The van der Waals surface area contributed by atoms with E-state index < -0.39 is 12.1 Å². The third-order valence-corrected chi connectivity index (χ3v) is 5.64. The van der Waals surface area contributed by atoms with Gasteiger partial charge < -0.3 is 19.0 Å². The van der Waals surface area contributed by atoms with Gasteiger partial charge in [0.2, 0.25) is 5.82 Å². The highest BCUT2D eigenvalue weighted by molar-refractivity contribution is 5.85. The lowest BCUT2D eigenvalue weighted by Crippen LogP contribution is -2.23. The highest BCUT2D eigenvalue weighted by atomic mass is 16.5. The summed E-state index contributed by atoms with van der Waals surface area (Å²) in [5.41, 5.74) is 1.46. The van der Waals surface area contributed by atoms with Crippen molar-refractivity contribution >= 4 is 34.1 Å². The Bertz CT molecular complexity index is 1670. The number of nitrogens with zero attached hydrogens (tertiary/aromatic N) is 3. The molecule has 0 aliphatic heterocycles. The van der Waals surface area contributed by atoms with Crippen molar-refractivity contribution in [2.24, 2.45) is 5.10 Å². The van der Waals surface area contributed by atoms with Crippen LogP contribution < -0.4 is 15.0 Å². The second-order valence-electron chi connectivity index (χ2n) is 8.20. The number of hydrogen-bond acceptors (Lipinski definition) is 7. The first-order valence-electron chi connectivity index (χ1n) is 11.7. The van der Waals surface area contributed by atoms with Gasteiger partial charge in [-0.15, -0.1) is 0 Å². The first-order chi connectivity index (χ1) is 17.9. The Hall–Kier alpha value is -4.92. The molecular formula is C28H23N3O6. The minimum absolute atomic E-state index is 0.261. The van der Waals surface area contributed by atoms with Crippen molar-refractivity contribution in [1.29, 1.82) is 0 Å². The molecule has 0 aliphatic carbocycles. The molecule has 0 bridgehead atoms. The van der Waals surface area contributed by atoms with Crippen molar-refractivity contribution < 1.29 is 23.8 Å². The van der Waals surface area contributed by atoms with Gasteiger partial charge >= 0.3 is 5.97 Å². The minimum atomic E-state index is -1.09. The number of carboxylic acid groups (broad SMARTS) is 1. The number of fused-ring (bicyclic) bond motifs is 2. The number of aliphatic carboxylic acids is 1. The van der Waals surface area contributed by atoms with E-state index in [0.717, 1.165) is 5.39 Å². The van der Waals surface area contributed by atoms with E-state index >= 15 is 0 Å². The number of carboxylic acids is 1. The monoisotopic (exact) mass is 497 g/mol. The van der Waals surface area contributed by atoms with E-state index in [1.807, 2.05) is 43.3 Å².